The van der Waals surface area contributed by atoms with Gasteiger partial charge in [0.05, 0.1) is 33.5 Å². The zero-order valence-electron chi connectivity index (χ0n) is 21.4. The Morgan fingerprint density at radius 2 is 2.00 bits per heavy atom. The van der Waals surface area contributed by atoms with Crippen molar-refractivity contribution in [3.05, 3.63) is 88.8 Å². The monoisotopic (exact) mass is 506 g/mol. The Hall–Kier alpha value is -4.23. The second-order valence-corrected chi connectivity index (χ2v) is 10.3. The second kappa shape index (κ2) is 10.4. The van der Waals surface area contributed by atoms with E-state index in [0.29, 0.717) is 0 Å². The van der Waals surface area contributed by atoms with E-state index in [1.54, 1.807) is 17.5 Å². The van der Waals surface area contributed by atoms with E-state index in [1.807, 2.05) is 37.5 Å². The molecule has 0 bridgehead atoms. The summed E-state index contributed by atoms with van der Waals surface area (Å²) in [4.78, 5) is 15.1. The number of anilines is 1. The summed E-state index contributed by atoms with van der Waals surface area (Å²) in [5.41, 5.74) is 7.40. The van der Waals surface area contributed by atoms with E-state index in [4.69, 9.17) is 0 Å². The number of H-pyrrole nitrogens is 2. The van der Waals surface area contributed by atoms with E-state index in [0.717, 1.165) is 78.8 Å². The van der Waals surface area contributed by atoms with Gasteiger partial charge in [-0.05, 0) is 62.2 Å². The van der Waals surface area contributed by atoms with Crippen LogP contribution in [0.2, 0.25) is 0 Å². The Kier molecular flexibility index (Phi) is 6.88. The maximum absolute atomic E-state index is 4.68. The van der Waals surface area contributed by atoms with Crippen LogP contribution in [0.1, 0.15) is 37.1 Å². The van der Waals surface area contributed by atoms with Crippen molar-refractivity contribution < 1.29 is 0 Å². The molecule has 7 heteroatoms. The standard InChI is InChI=1S/C30H30N6S/c1-6-8-19(4)33-22-14-21(16-31-17-22)18(3)13-23-25(7-2)35-36-29(23)27-15-24-26(34-27)11-12-32-30(24)28-10-9-20(5)37-28/h7,9-17,33-35H,3-4,6,8H2,1-2,5H3/b23-13+,25-7+. The van der Waals surface area contributed by atoms with Crippen LogP contribution in [0.5, 0.6) is 0 Å². The Labute approximate surface area is 220 Å². The molecule has 37 heavy (non-hydrogen) atoms. The number of allylic oxidation sites excluding steroid dienone is 2. The smallest absolute Gasteiger partial charge is 0.116 e. The third-order valence-electron chi connectivity index (χ3n) is 6.20. The predicted molar refractivity (Wildman–Crippen MR) is 157 cm³/mol. The number of hydrogen-bond acceptors (Lipinski definition) is 5. The van der Waals surface area contributed by atoms with Gasteiger partial charge in [-0.15, -0.1) is 11.3 Å². The number of aryl methyl sites for hydroxylation is 1. The van der Waals surface area contributed by atoms with Crippen molar-refractivity contribution in [2.75, 3.05) is 5.32 Å². The number of thiophene rings is 1. The molecule has 5 aromatic rings. The van der Waals surface area contributed by atoms with E-state index in [2.05, 4.69) is 81.7 Å². The highest BCUT2D eigenvalue weighted by molar-refractivity contribution is 7.15. The van der Waals surface area contributed by atoms with Crippen molar-refractivity contribution in [1.82, 2.24) is 25.1 Å². The van der Waals surface area contributed by atoms with E-state index in [1.165, 1.54) is 4.88 Å². The van der Waals surface area contributed by atoms with E-state index < -0.39 is 0 Å². The third-order valence-corrected chi connectivity index (χ3v) is 7.21. The van der Waals surface area contributed by atoms with Crippen LogP contribution in [0.15, 0.2) is 67.8 Å². The molecule has 3 N–H and O–H groups in total. The first kappa shape index (κ1) is 24.5. The van der Waals surface area contributed by atoms with Crippen LogP contribution in [-0.4, -0.2) is 25.1 Å². The number of nitrogens with one attached hydrogen (secondary N) is 3. The first-order valence-electron chi connectivity index (χ1n) is 12.3. The molecule has 6 nitrogen and oxygen atoms in total. The Morgan fingerprint density at radius 3 is 2.76 bits per heavy atom. The highest BCUT2D eigenvalue weighted by atomic mass is 32.1. The summed E-state index contributed by atoms with van der Waals surface area (Å²) in [7, 11) is 0. The minimum atomic E-state index is 0.831. The first-order valence-corrected chi connectivity index (χ1v) is 13.1. The molecule has 0 aliphatic carbocycles. The fourth-order valence-corrected chi connectivity index (χ4v) is 5.26. The zero-order chi connectivity index (χ0) is 25.9. The average molecular weight is 507 g/mol. The Balaban J connectivity index is 1.55. The highest BCUT2D eigenvalue weighted by Crippen LogP contribution is 2.33. The molecular weight excluding hydrogens is 476 g/mol. The van der Waals surface area contributed by atoms with Gasteiger partial charge in [-0.3, -0.25) is 15.1 Å². The van der Waals surface area contributed by atoms with Crippen molar-refractivity contribution in [2.45, 2.75) is 33.6 Å². The minimum absolute atomic E-state index is 0.831. The lowest BCUT2D eigenvalue weighted by Crippen LogP contribution is -2.23. The fourth-order valence-electron chi connectivity index (χ4n) is 4.39. The molecule has 0 aliphatic heterocycles. The summed E-state index contributed by atoms with van der Waals surface area (Å²) in [6, 6.07) is 10.4. The lowest BCUT2D eigenvalue weighted by atomic mass is 10.1. The zero-order valence-corrected chi connectivity index (χ0v) is 22.2. The van der Waals surface area contributed by atoms with Gasteiger partial charge in [-0.1, -0.05) is 32.6 Å². The molecule has 0 amide bonds. The molecule has 0 aliphatic rings. The van der Waals surface area contributed by atoms with Gasteiger partial charge >= 0.3 is 0 Å². The van der Waals surface area contributed by atoms with Crippen molar-refractivity contribution in [3.8, 4) is 22.0 Å². The molecule has 0 fully saturated rings. The van der Waals surface area contributed by atoms with Gasteiger partial charge in [0.25, 0.3) is 0 Å². The second-order valence-electron chi connectivity index (χ2n) is 9.01. The summed E-state index contributed by atoms with van der Waals surface area (Å²) in [5, 5.41) is 14.2. The van der Waals surface area contributed by atoms with Crippen molar-refractivity contribution >= 4 is 45.7 Å². The van der Waals surface area contributed by atoms with Gasteiger partial charge in [0.15, 0.2) is 0 Å². The number of aromatic amines is 2. The molecular formula is C30H30N6S. The number of hydrogen-bond donors (Lipinski definition) is 3. The molecule has 0 unspecified atom stereocenters. The van der Waals surface area contributed by atoms with Crippen molar-refractivity contribution in [1.29, 1.82) is 0 Å². The topological polar surface area (TPSA) is 82.3 Å². The highest BCUT2D eigenvalue weighted by Gasteiger charge is 2.14. The van der Waals surface area contributed by atoms with Crippen LogP contribution in [-0.2, 0) is 0 Å². The molecule has 0 saturated heterocycles. The molecule has 186 valence electrons. The number of nitrogens with zero attached hydrogens (tertiary/aromatic N) is 3. The maximum atomic E-state index is 4.68. The summed E-state index contributed by atoms with van der Waals surface area (Å²) < 4.78 is 0. The summed E-state index contributed by atoms with van der Waals surface area (Å²) in [6.45, 7) is 14.7. The maximum Gasteiger partial charge on any atom is 0.116 e. The Bertz CT molecular complexity index is 1730. The van der Waals surface area contributed by atoms with Gasteiger partial charge in [0.2, 0.25) is 0 Å². The number of pyridine rings is 2. The quantitative estimate of drug-likeness (QED) is 0.227. The van der Waals surface area contributed by atoms with Crippen LogP contribution in [0.4, 0.5) is 5.69 Å². The molecule has 0 atom stereocenters. The third kappa shape index (κ3) is 5.04. The normalized spacial score (nSPS) is 12.4. The minimum Gasteiger partial charge on any atom is -0.358 e. The van der Waals surface area contributed by atoms with Crippen LogP contribution in [0, 0.1) is 6.92 Å². The molecule has 0 aromatic carbocycles. The van der Waals surface area contributed by atoms with E-state index >= 15 is 0 Å². The van der Waals surface area contributed by atoms with Gasteiger partial charge in [-0.25, -0.2) is 0 Å². The van der Waals surface area contributed by atoms with Crippen LogP contribution < -0.4 is 15.9 Å². The summed E-state index contributed by atoms with van der Waals surface area (Å²) in [5.74, 6) is 0. The molecule has 0 radical (unpaired) electrons. The van der Waals surface area contributed by atoms with Gasteiger partial charge in [0, 0.05) is 44.7 Å². The van der Waals surface area contributed by atoms with Crippen LogP contribution in [0.25, 0.3) is 50.6 Å². The van der Waals surface area contributed by atoms with Crippen molar-refractivity contribution in [3.63, 3.8) is 0 Å². The summed E-state index contributed by atoms with van der Waals surface area (Å²) >= 11 is 1.75. The SMILES string of the molecule is C=C(CCC)Nc1cncc(C(=C)/C=c2/c(-c3cc4c(-c5ccc(C)s5)nccc4[nH]3)n[nH]/c2=C/C)c1. The predicted octanol–water partition coefficient (Wildman–Crippen LogP) is 6.40. The molecule has 0 saturated carbocycles. The number of aromatic nitrogens is 5. The number of fused-ring (bicyclic) bond motifs is 1. The largest absolute Gasteiger partial charge is 0.358 e. The fraction of sp³-hybridized carbons (Fsp3) is 0.167. The van der Waals surface area contributed by atoms with Gasteiger partial charge < -0.3 is 10.3 Å². The van der Waals surface area contributed by atoms with E-state index in [-0.39, 0.29) is 0 Å². The van der Waals surface area contributed by atoms with Gasteiger partial charge in [0.1, 0.15) is 5.69 Å². The summed E-state index contributed by atoms with van der Waals surface area (Å²) in [6.07, 6.45) is 11.5. The molecule has 5 aromatic heterocycles. The van der Waals surface area contributed by atoms with E-state index in [9.17, 15) is 0 Å². The number of rotatable bonds is 8. The van der Waals surface area contributed by atoms with Crippen LogP contribution >= 0.6 is 11.3 Å². The molecule has 5 heterocycles. The van der Waals surface area contributed by atoms with Gasteiger partial charge in [-0.2, -0.15) is 5.10 Å². The van der Waals surface area contributed by atoms with Crippen molar-refractivity contribution in [2.24, 2.45) is 0 Å². The molecule has 0 spiro atoms. The lowest BCUT2D eigenvalue weighted by Gasteiger charge is -2.09. The lowest BCUT2D eigenvalue weighted by molar-refractivity contribution is 0.913. The molecule has 5 rings (SSSR count). The first-order chi connectivity index (χ1) is 18.0. The Morgan fingerprint density at radius 1 is 1.14 bits per heavy atom. The average Bonchev–Trinajstić information content (AvgIpc) is 3.61. The van der Waals surface area contributed by atoms with Crippen LogP contribution in [0.3, 0.4) is 0 Å².